The molecule has 1 aliphatic heterocycles. The Labute approximate surface area is 118 Å². The lowest BCUT2D eigenvalue weighted by atomic mass is 9.94. The van der Waals surface area contributed by atoms with E-state index in [1.165, 1.54) is 0 Å². The summed E-state index contributed by atoms with van der Waals surface area (Å²) >= 11 is 0. The predicted octanol–water partition coefficient (Wildman–Crippen LogP) is 0.614. The fourth-order valence-electron chi connectivity index (χ4n) is 3.12. The zero-order valence-corrected chi connectivity index (χ0v) is 11.8. The van der Waals surface area contributed by atoms with E-state index in [1.54, 1.807) is 11.9 Å². The van der Waals surface area contributed by atoms with Gasteiger partial charge in [0.2, 0.25) is 11.8 Å². The highest BCUT2D eigenvalue weighted by molar-refractivity contribution is 5.89. The Hall–Kier alpha value is -1.59. The molecule has 20 heavy (non-hydrogen) atoms. The highest BCUT2D eigenvalue weighted by atomic mass is 16.4. The molecule has 1 saturated heterocycles. The first-order valence-electron chi connectivity index (χ1n) is 7.26. The van der Waals surface area contributed by atoms with Gasteiger partial charge in [-0.15, -0.1) is 0 Å². The Kier molecular flexibility index (Phi) is 4.62. The number of nitrogens with zero attached hydrogens (tertiary/aromatic N) is 1. The number of carboxylic acids is 1. The molecular weight excluding hydrogens is 260 g/mol. The molecule has 1 aliphatic carbocycles. The van der Waals surface area contributed by atoms with Gasteiger partial charge in [-0.25, -0.2) is 0 Å². The topological polar surface area (TPSA) is 86.7 Å². The van der Waals surface area contributed by atoms with E-state index >= 15 is 0 Å². The quantitative estimate of drug-likeness (QED) is 0.743. The Balaban J connectivity index is 1.97. The number of carboxylic acid groups (broad SMARTS) is 1. The fraction of sp³-hybridized carbons (Fsp3) is 0.786. The van der Waals surface area contributed by atoms with Crippen LogP contribution in [0.2, 0.25) is 0 Å². The van der Waals surface area contributed by atoms with Crippen LogP contribution in [-0.4, -0.2) is 47.4 Å². The van der Waals surface area contributed by atoms with Crippen LogP contribution in [0.15, 0.2) is 0 Å². The third kappa shape index (κ3) is 3.29. The number of hydrogen-bond donors (Lipinski definition) is 2. The minimum Gasteiger partial charge on any atom is -0.481 e. The van der Waals surface area contributed by atoms with Gasteiger partial charge >= 0.3 is 5.97 Å². The maximum atomic E-state index is 12.2. The van der Waals surface area contributed by atoms with E-state index < -0.39 is 11.9 Å². The highest BCUT2D eigenvalue weighted by Gasteiger charge is 2.36. The zero-order chi connectivity index (χ0) is 14.7. The molecule has 1 saturated carbocycles. The molecule has 2 rings (SSSR count). The Morgan fingerprint density at radius 2 is 1.95 bits per heavy atom. The average Bonchev–Trinajstić information content (AvgIpc) is 2.62. The van der Waals surface area contributed by atoms with Crippen LogP contribution in [0, 0.1) is 11.8 Å². The van der Waals surface area contributed by atoms with E-state index in [0.717, 1.165) is 19.3 Å². The Morgan fingerprint density at radius 1 is 1.25 bits per heavy atom. The molecule has 6 heteroatoms. The lowest BCUT2D eigenvalue weighted by molar-refractivity contribution is -0.143. The normalized spacial score (nSPS) is 30.9. The molecule has 2 aliphatic rings. The van der Waals surface area contributed by atoms with Crippen molar-refractivity contribution in [3.8, 4) is 0 Å². The van der Waals surface area contributed by atoms with E-state index in [2.05, 4.69) is 5.32 Å². The number of amides is 2. The van der Waals surface area contributed by atoms with Crippen molar-refractivity contribution in [3.63, 3.8) is 0 Å². The van der Waals surface area contributed by atoms with Gasteiger partial charge < -0.3 is 15.3 Å². The third-order valence-corrected chi connectivity index (χ3v) is 4.37. The zero-order valence-electron chi connectivity index (χ0n) is 11.8. The van der Waals surface area contributed by atoms with Gasteiger partial charge in [-0.3, -0.25) is 14.4 Å². The molecule has 0 aromatic heterocycles. The van der Waals surface area contributed by atoms with Crippen LogP contribution in [0.3, 0.4) is 0 Å². The van der Waals surface area contributed by atoms with E-state index in [1.807, 2.05) is 0 Å². The Bertz CT molecular complexity index is 410. The third-order valence-electron chi connectivity index (χ3n) is 4.37. The van der Waals surface area contributed by atoms with Gasteiger partial charge in [0.15, 0.2) is 0 Å². The number of rotatable bonds is 3. The van der Waals surface area contributed by atoms with Crippen molar-refractivity contribution in [1.82, 2.24) is 10.2 Å². The summed E-state index contributed by atoms with van der Waals surface area (Å²) in [7, 11) is 1.68. The van der Waals surface area contributed by atoms with Crippen LogP contribution in [0.1, 0.15) is 38.5 Å². The summed E-state index contributed by atoms with van der Waals surface area (Å²) in [5, 5.41) is 12.2. The molecule has 0 spiro atoms. The van der Waals surface area contributed by atoms with Gasteiger partial charge in [0.05, 0.1) is 11.8 Å². The number of nitrogens with one attached hydrogen (secondary N) is 1. The average molecular weight is 282 g/mol. The number of aliphatic carboxylic acids is 1. The van der Waals surface area contributed by atoms with Crippen molar-refractivity contribution >= 4 is 17.8 Å². The number of hydrogen-bond acceptors (Lipinski definition) is 3. The van der Waals surface area contributed by atoms with Crippen molar-refractivity contribution in [2.75, 3.05) is 13.6 Å². The maximum Gasteiger partial charge on any atom is 0.308 e. The predicted molar refractivity (Wildman–Crippen MR) is 71.9 cm³/mol. The van der Waals surface area contributed by atoms with Gasteiger partial charge in [0.25, 0.3) is 0 Å². The molecule has 0 bridgehead atoms. The molecule has 112 valence electrons. The van der Waals surface area contributed by atoms with Crippen molar-refractivity contribution in [2.24, 2.45) is 11.8 Å². The summed E-state index contributed by atoms with van der Waals surface area (Å²) in [6.07, 6.45) is 4.41. The minimum atomic E-state index is -0.836. The molecule has 0 aromatic carbocycles. The second-order valence-corrected chi connectivity index (χ2v) is 5.87. The lowest BCUT2D eigenvalue weighted by Gasteiger charge is -2.24. The largest absolute Gasteiger partial charge is 0.481 e. The first-order valence-corrected chi connectivity index (χ1v) is 7.26. The van der Waals surface area contributed by atoms with Crippen LogP contribution in [0.25, 0.3) is 0 Å². The maximum absolute atomic E-state index is 12.2. The molecule has 0 aromatic rings. The first-order chi connectivity index (χ1) is 9.49. The van der Waals surface area contributed by atoms with Gasteiger partial charge in [0.1, 0.15) is 0 Å². The van der Waals surface area contributed by atoms with Gasteiger partial charge in [-0.1, -0.05) is 19.3 Å². The molecule has 0 radical (unpaired) electrons. The number of likely N-dealkylation sites (tertiary alicyclic amines) is 1. The summed E-state index contributed by atoms with van der Waals surface area (Å²) in [5.41, 5.74) is 0. The van der Waals surface area contributed by atoms with Gasteiger partial charge in [-0.2, -0.15) is 0 Å². The summed E-state index contributed by atoms with van der Waals surface area (Å²) < 4.78 is 0. The fourth-order valence-corrected chi connectivity index (χ4v) is 3.12. The second kappa shape index (κ2) is 6.24. The van der Waals surface area contributed by atoms with Gasteiger partial charge in [0, 0.05) is 26.1 Å². The Morgan fingerprint density at radius 3 is 2.55 bits per heavy atom. The molecule has 6 nitrogen and oxygen atoms in total. The van der Waals surface area contributed by atoms with Crippen LogP contribution in [0.4, 0.5) is 0 Å². The molecule has 3 atom stereocenters. The monoisotopic (exact) mass is 282 g/mol. The van der Waals surface area contributed by atoms with Gasteiger partial charge in [-0.05, 0) is 12.8 Å². The minimum absolute atomic E-state index is 0.0270. The summed E-state index contributed by atoms with van der Waals surface area (Å²) in [6, 6.07) is -0.302. The van der Waals surface area contributed by atoms with E-state index in [-0.39, 0.29) is 30.2 Å². The van der Waals surface area contributed by atoms with Crippen LogP contribution < -0.4 is 5.32 Å². The van der Waals surface area contributed by atoms with Crippen LogP contribution in [-0.2, 0) is 14.4 Å². The molecule has 2 fully saturated rings. The first kappa shape index (κ1) is 14.8. The van der Waals surface area contributed by atoms with Crippen molar-refractivity contribution < 1.29 is 19.5 Å². The van der Waals surface area contributed by atoms with Crippen molar-refractivity contribution in [2.45, 2.75) is 44.6 Å². The standard InChI is InChI=1S/C14H22N2O4/c1-16-8-9(7-12(16)17)13(18)15-11-6-4-2-3-5-10(11)14(19)20/h9-11H,2-8H2,1H3,(H,15,18)(H,19,20). The molecular formula is C14H22N2O4. The number of carbonyl (C=O) groups is 3. The van der Waals surface area contributed by atoms with Crippen LogP contribution in [0.5, 0.6) is 0 Å². The highest BCUT2D eigenvalue weighted by Crippen LogP contribution is 2.25. The van der Waals surface area contributed by atoms with E-state index in [9.17, 15) is 19.5 Å². The van der Waals surface area contributed by atoms with Crippen molar-refractivity contribution in [3.05, 3.63) is 0 Å². The molecule has 2 amide bonds. The summed E-state index contributed by atoms with van der Waals surface area (Å²) in [4.78, 5) is 36.5. The number of carbonyl (C=O) groups excluding carboxylic acids is 2. The molecule has 3 unspecified atom stereocenters. The second-order valence-electron chi connectivity index (χ2n) is 5.87. The smallest absolute Gasteiger partial charge is 0.308 e. The van der Waals surface area contributed by atoms with E-state index in [4.69, 9.17) is 0 Å². The SMILES string of the molecule is CN1CC(C(=O)NC2CCCCCC2C(=O)O)CC1=O. The summed E-state index contributed by atoms with van der Waals surface area (Å²) in [5.74, 6) is -1.89. The molecule has 2 N–H and O–H groups in total. The summed E-state index contributed by atoms with van der Waals surface area (Å²) in [6.45, 7) is 0.426. The van der Waals surface area contributed by atoms with Crippen LogP contribution >= 0.6 is 0 Å². The molecule has 1 heterocycles. The van der Waals surface area contributed by atoms with Crippen molar-refractivity contribution in [1.29, 1.82) is 0 Å². The lowest BCUT2D eigenvalue weighted by Crippen LogP contribution is -2.45. The van der Waals surface area contributed by atoms with E-state index in [0.29, 0.717) is 19.4 Å².